The van der Waals surface area contributed by atoms with Crippen molar-refractivity contribution < 1.29 is 9.47 Å². The molecule has 1 atom stereocenters. The first-order chi connectivity index (χ1) is 14.8. The van der Waals surface area contributed by atoms with Crippen molar-refractivity contribution in [2.45, 2.75) is 19.0 Å². The van der Waals surface area contributed by atoms with Crippen molar-refractivity contribution in [2.75, 3.05) is 20.8 Å². The highest BCUT2D eigenvalue weighted by molar-refractivity contribution is 5.51. The molecule has 2 aromatic heterocycles. The number of pyridine rings is 1. The van der Waals surface area contributed by atoms with E-state index in [4.69, 9.17) is 14.5 Å². The standard InChI is InChI=1S/C25H25N3O2/c1-29-22-14-19-11-13-28(17-20-16-27-12-7-6-10-24(27)26-20)25(18-8-4-3-5-9-18)21(19)15-23(22)30-2/h3-10,12,14-16,25H,11,13,17H2,1-2H3. The van der Waals surface area contributed by atoms with E-state index in [-0.39, 0.29) is 6.04 Å². The monoisotopic (exact) mass is 399 g/mol. The molecule has 0 N–H and O–H groups in total. The van der Waals surface area contributed by atoms with Crippen LogP contribution in [0.15, 0.2) is 73.1 Å². The van der Waals surface area contributed by atoms with Crippen LogP contribution in [-0.2, 0) is 13.0 Å². The molecule has 1 unspecified atom stereocenters. The van der Waals surface area contributed by atoms with Gasteiger partial charge < -0.3 is 13.9 Å². The molecule has 152 valence electrons. The molecule has 5 heteroatoms. The van der Waals surface area contributed by atoms with Crippen molar-refractivity contribution in [1.29, 1.82) is 0 Å². The van der Waals surface area contributed by atoms with E-state index in [0.717, 1.165) is 42.4 Å². The van der Waals surface area contributed by atoms with E-state index in [1.807, 2.05) is 24.4 Å². The second-order valence-corrected chi connectivity index (χ2v) is 7.64. The topological polar surface area (TPSA) is 39.0 Å². The zero-order valence-electron chi connectivity index (χ0n) is 17.3. The number of fused-ring (bicyclic) bond motifs is 2. The van der Waals surface area contributed by atoms with Crippen LogP contribution in [0.5, 0.6) is 11.5 Å². The summed E-state index contributed by atoms with van der Waals surface area (Å²) in [6.07, 6.45) is 5.14. The Morgan fingerprint density at radius 1 is 0.967 bits per heavy atom. The average Bonchev–Trinajstić information content (AvgIpc) is 3.21. The van der Waals surface area contributed by atoms with Gasteiger partial charge in [0, 0.05) is 25.5 Å². The maximum atomic E-state index is 5.62. The molecule has 0 spiro atoms. The normalized spacial score (nSPS) is 16.4. The quantitative estimate of drug-likeness (QED) is 0.495. The first-order valence-electron chi connectivity index (χ1n) is 10.2. The minimum absolute atomic E-state index is 0.138. The Balaban J connectivity index is 1.57. The van der Waals surface area contributed by atoms with Crippen molar-refractivity contribution in [3.63, 3.8) is 0 Å². The number of methoxy groups -OCH3 is 2. The summed E-state index contributed by atoms with van der Waals surface area (Å²) in [4.78, 5) is 7.33. The Labute approximate surface area is 176 Å². The summed E-state index contributed by atoms with van der Waals surface area (Å²) in [5.41, 5.74) is 5.91. The van der Waals surface area contributed by atoms with Gasteiger partial charge in [0.05, 0.1) is 26.0 Å². The molecule has 4 aromatic rings. The number of nitrogens with zero attached hydrogens (tertiary/aromatic N) is 3. The van der Waals surface area contributed by atoms with Crippen LogP contribution in [0.1, 0.15) is 28.4 Å². The van der Waals surface area contributed by atoms with Crippen LogP contribution in [-0.4, -0.2) is 35.0 Å². The summed E-state index contributed by atoms with van der Waals surface area (Å²) < 4.78 is 13.3. The molecular weight excluding hydrogens is 374 g/mol. The van der Waals surface area contributed by atoms with Crippen molar-refractivity contribution in [3.05, 3.63) is 95.4 Å². The molecule has 0 saturated heterocycles. The molecule has 30 heavy (non-hydrogen) atoms. The highest BCUT2D eigenvalue weighted by Crippen LogP contribution is 2.41. The van der Waals surface area contributed by atoms with Crippen LogP contribution in [0, 0.1) is 0 Å². The first kappa shape index (κ1) is 18.7. The summed E-state index contributed by atoms with van der Waals surface area (Å²) in [6.45, 7) is 1.74. The van der Waals surface area contributed by atoms with Crippen molar-refractivity contribution in [3.8, 4) is 11.5 Å². The van der Waals surface area contributed by atoms with Gasteiger partial charge in [-0.2, -0.15) is 0 Å². The molecule has 0 aliphatic carbocycles. The highest BCUT2D eigenvalue weighted by Gasteiger charge is 2.30. The van der Waals surface area contributed by atoms with Crippen LogP contribution < -0.4 is 9.47 Å². The summed E-state index contributed by atoms with van der Waals surface area (Å²) >= 11 is 0. The molecule has 5 rings (SSSR count). The zero-order chi connectivity index (χ0) is 20.5. The van der Waals surface area contributed by atoms with Crippen LogP contribution in [0.25, 0.3) is 5.65 Å². The molecule has 0 fully saturated rings. The Bertz CT molecular complexity index is 1140. The minimum Gasteiger partial charge on any atom is -0.493 e. The SMILES string of the molecule is COc1cc2c(cc1OC)C(c1ccccc1)N(Cc1cn3ccccc3n1)CC2. The zero-order valence-corrected chi connectivity index (χ0v) is 17.3. The maximum absolute atomic E-state index is 5.62. The number of ether oxygens (including phenoxy) is 2. The van der Waals surface area contributed by atoms with E-state index in [9.17, 15) is 0 Å². The van der Waals surface area contributed by atoms with E-state index < -0.39 is 0 Å². The van der Waals surface area contributed by atoms with E-state index in [0.29, 0.717) is 0 Å². The van der Waals surface area contributed by atoms with E-state index >= 15 is 0 Å². The predicted octanol–water partition coefficient (Wildman–Crippen LogP) is 4.50. The Hall–Kier alpha value is -3.31. The summed E-state index contributed by atoms with van der Waals surface area (Å²) in [7, 11) is 3.39. The Morgan fingerprint density at radius 3 is 2.50 bits per heavy atom. The molecular formula is C25H25N3O2. The number of imidazole rings is 1. The van der Waals surface area contributed by atoms with Crippen LogP contribution in [0.2, 0.25) is 0 Å². The third-order valence-electron chi connectivity index (χ3n) is 5.87. The smallest absolute Gasteiger partial charge is 0.161 e. The van der Waals surface area contributed by atoms with Gasteiger partial charge >= 0.3 is 0 Å². The summed E-state index contributed by atoms with van der Waals surface area (Å²) in [6, 6.07) is 21.2. The number of aromatic nitrogens is 2. The molecule has 1 aliphatic heterocycles. The van der Waals surface area contributed by atoms with Gasteiger partial charge in [-0.1, -0.05) is 36.4 Å². The van der Waals surface area contributed by atoms with Crippen LogP contribution in [0.4, 0.5) is 0 Å². The van der Waals surface area contributed by atoms with E-state index in [2.05, 4.69) is 58.0 Å². The molecule has 0 bridgehead atoms. The van der Waals surface area contributed by atoms with Gasteiger partial charge in [0.25, 0.3) is 0 Å². The number of benzene rings is 2. The average molecular weight is 399 g/mol. The lowest BCUT2D eigenvalue weighted by molar-refractivity contribution is 0.201. The lowest BCUT2D eigenvalue weighted by Crippen LogP contribution is -2.35. The summed E-state index contributed by atoms with van der Waals surface area (Å²) in [5, 5.41) is 0. The van der Waals surface area contributed by atoms with E-state index in [1.165, 1.54) is 16.7 Å². The van der Waals surface area contributed by atoms with Gasteiger partial charge in [0.2, 0.25) is 0 Å². The molecule has 1 aliphatic rings. The highest BCUT2D eigenvalue weighted by atomic mass is 16.5. The van der Waals surface area contributed by atoms with Gasteiger partial charge in [0.15, 0.2) is 11.5 Å². The summed E-state index contributed by atoms with van der Waals surface area (Å²) in [5.74, 6) is 1.56. The lowest BCUT2D eigenvalue weighted by atomic mass is 9.87. The second kappa shape index (κ2) is 7.84. The number of hydrogen-bond donors (Lipinski definition) is 0. The first-order valence-corrected chi connectivity index (χ1v) is 10.2. The molecule has 0 amide bonds. The van der Waals surface area contributed by atoms with Gasteiger partial charge in [-0.25, -0.2) is 4.98 Å². The molecule has 0 saturated carbocycles. The van der Waals surface area contributed by atoms with Gasteiger partial charge in [-0.15, -0.1) is 0 Å². The molecule has 2 aromatic carbocycles. The lowest BCUT2D eigenvalue weighted by Gasteiger charge is -2.37. The maximum Gasteiger partial charge on any atom is 0.161 e. The fraction of sp³-hybridized carbons (Fsp3) is 0.240. The van der Waals surface area contributed by atoms with Crippen LogP contribution >= 0.6 is 0 Å². The number of rotatable bonds is 5. The molecule has 5 nitrogen and oxygen atoms in total. The van der Waals surface area contributed by atoms with Crippen molar-refractivity contribution in [1.82, 2.24) is 14.3 Å². The Kier molecular flexibility index (Phi) is 4.89. The van der Waals surface area contributed by atoms with Crippen molar-refractivity contribution >= 4 is 5.65 Å². The largest absolute Gasteiger partial charge is 0.493 e. The second-order valence-electron chi connectivity index (χ2n) is 7.64. The number of hydrogen-bond acceptors (Lipinski definition) is 4. The van der Waals surface area contributed by atoms with E-state index in [1.54, 1.807) is 14.2 Å². The van der Waals surface area contributed by atoms with Gasteiger partial charge in [-0.05, 0) is 47.4 Å². The third-order valence-corrected chi connectivity index (χ3v) is 5.87. The minimum atomic E-state index is 0.138. The van der Waals surface area contributed by atoms with Crippen molar-refractivity contribution in [2.24, 2.45) is 0 Å². The van der Waals surface area contributed by atoms with Crippen LogP contribution in [0.3, 0.4) is 0 Å². The predicted molar refractivity (Wildman–Crippen MR) is 117 cm³/mol. The van der Waals surface area contributed by atoms with Gasteiger partial charge in [0.1, 0.15) is 5.65 Å². The molecule has 0 radical (unpaired) electrons. The third kappa shape index (κ3) is 3.31. The fourth-order valence-electron chi connectivity index (χ4n) is 4.47. The van der Waals surface area contributed by atoms with Gasteiger partial charge in [-0.3, -0.25) is 4.90 Å². The fourth-order valence-corrected chi connectivity index (χ4v) is 4.47. The Morgan fingerprint density at radius 2 is 1.73 bits per heavy atom. The molecule has 3 heterocycles.